The zero-order chi connectivity index (χ0) is 13.5. The summed E-state index contributed by atoms with van der Waals surface area (Å²) < 4.78 is 0. The Bertz CT molecular complexity index is 692. The van der Waals surface area contributed by atoms with Crippen molar-refractivity contribution in [3.63, 3.8) is 0 Å². The molecular weight excluding hydrogens is 300 g/mol. The van der Waals surface area contributed by atoms with Crippen molar-refractivity contribution in [1.29, 1.82) is 0 Å². The van der Waals surface area contributed by atoms with Crippen LogP contribution < -0.4 is 0 Å². The minimum Gasteiger partial charge on any atom is -0.289 e. The molecule has 0 unspecified atom stereocenters. The Morgan fingerprint density at radius 2 is 1.47 bits per heavy atom. The van der Waals surface area contributed by atoms with Crippen LogP contribution in [0.15, 0.2) is 54.6 Å². The first-order valence-electron chi connectivity index (χ1n) is 5.63. The molecular formula is C17H9BrO. The largest absolute Gasteiger partial charge is 0.289 e. The number of carbonyl (C=O) groups excluding carboxylic acids is 1. The third-order valence-electron chi connectivity index (χ3n) is 2.50. The fourth-order valence-corrected chi connectivity index (χ4v) is 1.69. The van der Waals surface area contributed by atoms with Crippen LogP contribution in [0.4, 0.5) is 0 Å². The summed E-state index contributed by atoms with van der Waals surface area (Å²) in [7, 11) is 0. The molecule has 19 heavy (non-hydrogen) atoms. The van der Waals surface area contributed by atoms with Crippen molar-refractivity contribution in [3.05, 3.63) is 71.3 Å². The highest BCUT2D eigenvalue weighted by Crippen LogP contribution is 2.10. The van der Waals surface area contributed by atoms with Gasteiger partial charge < -0.3 is 0 Å². The first-order chi connectivity index (χ1) is 9.31. The fraction of sp³-hybridized carbons (Fsp3) is 0. The maximum absolute atomic E-state index is 12.2. The second-order valence-corrected chi connectivity index (χ2v) is 4.14. The standard InChI is InChI=1S/C17H9BrO/c18-13-5-4-6-14-9-11-16(12-10-14)17(19)15-7-2-1-3-8-15/h1-3,7-12H. The lowest BCUT2D eigenvalue weighted by molar-refractivity contribution is 0.103. The van der Waals surface area contributed by atoms with E-state index < -0.39 is 0 Å². The third kappa shape index (κ3) is 3.58. The molecule has 0 fully saturated rings. The maximum atomic E-state index is 12.2. The Kier molecular flexibility index (Phi) is 4.56. The van der Waals surface area contributed by atoms with E-state index in [0.717, 1.165) is 5.56 Å². The van der Waals surface area contributed by atoms with Gasteiger partial charge in [0.2, 0.25) is 0 Å². The lowest BCUT2D eigenvalue weighted by atomic mass is 10.0. The molecule has 0 amide bonds. The first-order valence-corrected chi connectivity index (χ1v) is 6.42. The van der Waals surface area contributed by atoms with Gasteiger partial charge in [-0.1, -0.05) is 36.3 Å². The predicted octanol–water partition coefficient (Wildman–Crippen LogP) is 3.62. The van der Waals surface area contributed by atoms with Crippen LogP contribution in [0.25, 0.3) is 0 Å². The molecule has 0 N–H and O–H groups in total. The second kappa shape index (κ2) is 6.59. The van der Waals surface area contributed by atoms with Crippen molar-refractivity contribution in [2.75, 3.05) is 0 Å². The molecule has 0 heterocycles. The van der Waals surface area contributed by atoms with E-state index in [1.54, 1.807) is 12.1 Å². The zero-order valence-corrected chi connectivity index (χ0v) is 11.6. The maximum Gasteiger partial charge on any atom is 0.193 e. The summed E-state index contributed by atoms with van der Waals surface area (Å²) in [6.07, 6.45) is 0. The quantitative estimate of drug-likeness (QED) is 0.611. The summed E-state index contributed by atoms with van der Waals surface area (Å²) in [4.78, 5) is 14.7. The summed E-state index contributed by atoms with van der Waals surface area (Å²) in [5, 5.41) is 0. The van der Waals surface area contributed by atoms with Crippen molar-refractivity contribution >= 4 is 21.7 Å². The minimum atomic E-state index is 0.0142. The highest BCUT2D eigenvalue weighted by atomic mass is 79.9. The molecule has 0 aliphatic heterocycles. The average Bonchev–Trinajstić information content (AvgIpc) is 2.48. The highest BCUT2D eigenvalue weighted by molar-refractivity contribution is 9.12. The van der Waals surface area contributed by atoms with E-state index in [2.05, 4.69) is 38.5 Å². The molecule has 0 saturated carbocycles. The number of ketones is 1. The Hall–Kier alpha value is -2.29. The fourth-order valence-electron chi connectivity index (χ4n) is 1.59. The molecule has 2 aromatic carbocycles. The van der Waals surface area contributed by atoms with Crippen LogP contribution in [-0.2, 0) is 0 Å². The topological polar surface area (TPSA) is 17.1 Å². The van der Waals surface area contributed by atoms with Gasteiger partial charge in [0.05, 0.1) is 0 Å². The van der Waals surface area contributed by atoms with Crippen molar-refractivity contribution in [2.24, 2.45) is 0 Å². The molecule has 0 aliphatic rings. The number of carbonyl (C=O) groups is 1. The molecule has 1 nitrogen and oxygen atoms in total. The van der Waals surface area contributed by atoms with Crippen molar-refractivity contribution in [1.82, 2.24) is 0 Å². The lowest BCUT2D eigenvalue weighted by Crippen LogP contribution is -2.00. The normalized spacial score (nSPS) is 8.68. The second-order valence-electron chi connectivity index (χ2n) is 3.74. The summed E-state index contributed by atoms with van der Waals surface area (Å²) in [6.45, 7) is 0. The Balaban J connectivity index is 2.21. The van der Waals surface area contributed by atoms with Gasteiger partial charge in [-0.05, 0) is 40.9 Å². The summed E-state index contributed by atoms with van der Waals surface area (Å²) in [6, 6.07) is 16.4. The molecule has 0 spiro atoms. The lowest BCUT2D eigenvalue weighted by Gasteiger charge is -2.00. The van der Waals surface area contributed by atoms with Gasteiger partial charge in [-0.15, -0.1) is 0 Å². The first kappa shape index (κ1) is 13.1. The number of rotatable bonds is 2. The molecule has 2 aromatic rings. The highest BCUT2D eigenvalue weighted by Gasteiger charge is 2.07. The molecule has 0 radical (unpaired) electrons. The van der Waals surface area contributed by atoms with Gasteiger partial charge >= 0.3 is 0 Å². The van der Waals surface area contributed by atoms with Crippen LogP contribution >= 0.6 is 15.9 Å². The Labute approximate surface area is 120 Å². The molecule has 90 valence electrons. The summed E-state index contributed by atoms with van der Waals surface area (Å²) >= 11 is 2.97. The minimum absolute atomic E-state index is 0.0142. The molecule has 2 rings (SSSR count). The molecule has 0 aromatic heterocycles. The van der Waals surface area contributed by atoms with Gasteiger partial charge in [0.15, 0.2) is 5.78 Å². The molecule has 0 atom stereocenters. The van der Waals surface area contributed by atoms with Crippen LogP contribution in [0.2, 0.25) is 0 Å². The van der Waals surface area contributed by atoms with Crippen LogP contribution in [0.1, 0.15) is 21.5 Å². The number of hydrogen-bond acceptors (Lipinski definition) is 1. The Morgan fingerprint density at radius 1 is 0.842 bits per heavy atom. The monoisotopic (exact) mass is 308 g/mol. The smallest absolute Gasteiger partial charge is 0.193 e. The van der Waals surface area contributed by atoms with Gasteiger partial charge in [0, 0.05) is 32.6 Å². The van der Waals surface area contributed by atoms with E-state index in [0.29, 0.717) is 11.1 Å². The van der Waals surface area contributed by atoms with Crippen LogP contribution in [0.3, 0.4) is 0 Å². The number of benzene rings is 2. The zero-order valence-electron chi connectivity index (χ0n) is 9.98. The SMILES string of the molecule is O=C(c1ccccc1)c1ccc(C#CC#CBr)cc1. The van der Waals surface area contributed by atoms with E-state index in [9.17, 15) is 4.79 Å². The third-order valence-corrected chi connectivity index (χ3v) is 2.70. The molecule has 2 heteroatoms. The van der Waals surface area contributed by atoms with Crippen LogP contribution in [-0.4, -0.2) is 5.78 Å². The number of hydrogen-bond donors (Lipinski definition) is 0. The van der Waals surface area contributed by atoms with Crippen molar-refractivity contribution < 1.29 is 4.79 Å². The molecule has 0 saturated heterocycles. The van der Waals surface area contributed by atoms with Gasteiger partial charge in [-0.3, -0.25) is 4.79 Å². The molecule has 0 aliphatic carbocycles. The van der Waals surface area contributed by atoms with Crippen LogP contribution in [0, 0.1) is 22.6 Å². The predicted molar refractivity (Wildman–Crippen MR) is 79.9 cm³/mol. The van der Waals surface area contributed by atoms with E-state index >= 15 is 0 Å². The molecule has 0 bridgehead atoms. The average molecular weight is 309 g/mol. The van der Waals surface area contributed by atoms with E-state index in [4.69, 9.17) is 0 Å². The van der Waals surface area contributed by atoms with Gasteiger partial charge in [-0.2, -0.15) is 0 Å². The van der Waals surface area contributed by atoms with Gasteiger partial charge in [-0.25, -0.2) is 0 Å². The summed E-state index contributed by atoms with van der Waals surface area (Å²) in [5.74, 6) is 8.19. The van der Waals surface area contributed by atoms with Crippen LogP contribution in [0.5, 0.6) is 0 Å². The number of halogens is 1. The van der Waals surface area contributed by atoms with Gasteiger partial charge in [0.1, 0.15) is 0 Å². The van der Waals surface area contributed by atoms with E-state index in [1.807, 2.05) is 42.5 Å². The van der Waals surface area contributed by atoms with Crippen molar-refractivity contribution in [3.8, 4) is 22.6 Å². The summed E-state index contributed by atoms with van der Waals surface area (Å²) in [5.41, 5.74) is 2.18. The van der Waals surface area contributed by atoms with E-state index in [1.165, 1.54) is 0 Å². The Morgan fingerprint density at radius 3 is 2.11 bits per heavy atom. The van der Waals surface area contributed by atoms with Crippen molar-refractivity contribution in [2.45, 2.75) is 0 Å². The van der Waals surface area contributed by atoms with E-state index in [-0.39, 0.29) is 5.78 Å². The van der Waals surface area contributed by atoms with Gasteiger partial charge in [0.25, 0.3) is 0 Å².